The minimum atomic E-state index is -0.643. The van der Waals surface area contributed by atoms with Gasteiger partial charge < -0.3 is 25.3 Å². The number of ether oxygens (including phenoxy) is 1. The largest absolute Gasteiger partial charge is 0.449 e. The summed E-state index contributed by atoms with van der Waals surface area (Å²) in [5.41, 5.74) is 6.22. The van der Waals surface area contributed by atoms with Crippen LogP contribution < -0.4 is 16.6 Å². The van der Waals surface area contributed by atoms with E-state index in [-0.39, 0.29) is 24.1 Å². The summed E-state index contributed by atoms with van der Waals surface area (Å²) in [7, 11) is 0. The van der Waals surface area contributed by atoms with E-state index in [1.54, 1.807) is 39.9 Å². The summed E-state index contributed by atoms with van der Waals surface area (Å²) in [6.45, 7) is 1.62. The molecular weight excluding hydrogens is 389 g/mol. The molecule has 9 heteroatoms. The van der Waals surface area contributed by atoms with Crippen LogP contribution in [-0.4, -0.2) is 46.8 Å². The molecule has 0 unspecified atom stereocenters. The van der Waals surface area contributed by atoms with Crippen LogP contribution in [0.4, 0.5) is 14.9 Å². The van der Waals surface area contributed by atoms with Crippen molar-refractivity contribution in [3.05, 3.63) is 64.3 Å². The number of halogens is 1. The summed E-state index contributed by atoms with van der Waals surface area (Å²) < 4.78 is 21.0. The molecule has 0 radical (unpaired) electrons. The predicted molar refractivity (Wildman–Crippen MR) is 111 cm³/mol. The van der Waals surface area contributed by atoms with Crippen molar-refractivity contribution >= 4 is 17.6 Å². The van der Waals surface area contributed by atoms with Gasteiger partial charge in [-0.1, -0.05) is 12.1 Å². The summed E-state index contributed by atoms with van der Waals surface area (Å²) in [6.07, 6.45) is 2.96. The van der Waals surface area contributed by atoms with E-state index in [1.165, 1.54) is 12.1 Å². The van der Waals surface area contributed by atoms with Gasteiger partial charge in [0.1, 0.15) is 17.3 Å². The van der Waals surface area contributed by atoms with Gasteiger partial charge in [0.15, 0.2) is 0 Å². The van der Waals surface area contributed by atoms with Crippen molar-refractivity contribution in [2.45, 2.75) is 31.5 Å². The first kappa shape index (κ1) is 19.9. The molecule has 2 aromatic rings. The zero-order valence-electron chi connectivity index (χ0n) is 16.5. The molecular formula is C21H24FN5O3. The SMILES string of the molecule is NC1=NC2(CCN(C(=O)OCCCn3ccccc3=O)CC2)Nc2cccc(F)c21. The molecule has 1 fully saturated rings. The van der Waals surface area contributed by atoms with Crippen LogP contribution in [0.3, 0.4) is 0 Å². The van der Waals surface area contributed by atoms with Crippen molar-refractivity contribution in [2.24, 2.45) is 10.7 Å². The number of carbonyl (C=O) groups is 1. The number of likely N-dealkylation sites (tertiary alicyclic amines) is 1. The van der Waals surface area contributed by atoms with E-state index in [1.807, 2.05) is 0 Å². The number of amidine groups is 1. The van der Waals surface area contributed by atoms with E-state index in [2.05, 4.69) is 10.3 Å². The predicted octanol–water partition coefficient (Wildman–Crippen LogP) is 2.14. The molecule has 1 aromatic heterocycles. The zero-order valence-corrected chi connectivity index (χ0v) is 16.5. The van der Waals surface area contributed by atoms with Gasteiger partial charge in [-0.05, 0) is 24.6 Å². The molecule has 0 bridgehead atoms. The molecule has 30 heavy (non-hydrogen) atoms. The van der Waals surface area contributed by atoms with Crippen LogP contribution in [0.1, 0.15) is 24.8 Å². The number of nitrogens with two attached hydrogens (primary N) is 1. The first-order valence-corrected chi connectivity index (χ1v) is 9.97. The highest BCUT2D eigenvalue weighted by molar-refractivity contribution is 6.04. The third kappa shape index (κ3) is 4.00. The number of pyridine rings is 1. The van der Waals surface area contributed by atoms with Crippen LogP contribution in [0.2, 0.25) is 0 Å². The molecule has 2 aliphatic heterocycles. The lowest BCUT2D eigenvalue weighted by Crippen LogP contribution is -2.52. The Kier molecular flexibility index (Phi) is 5.43. The van der Waals surface area contributed by atoms with Crippen LogP contribution in [0.25, 0.3) is 0 Å². The molecule has 0 saturated carbocycles. The number of piperidine rings is 1. The Morgan fingerprint density at radius 3 is 2.80 bits per heavy atom. The number of carbonyl (C=O) groups excluding carboxylic acids is 1. The maximum atomic E-state index is 14.0. The fraction of sp³-hybridized carbons (Fsp3) is 0.381. The second-order valence-corrected chi connectivity index (χ2v) is 7.50. The fourth-order valence-corrected chi connectivity index (χ4v) is 3.88. The highest BCUT2D eigenvalue weighted by Crippen LogP contribution is 2.35. The van der Waals surface area contributed by atoms with Gasteiger partial charge in [0.05, 0.1) is 12.2 Å². The third-order valence-electron chi connectivity index (χ3n) is 5.49. The van der Waals surface area contributed by atoms with Gasteiger partial charge >= 0.3 is 6.09 Å². The smallest absolute Gasteiger partial charge is 0.409 e. The Bertz CT molecular complexity index is 1030. The molecule has 158 valence electrons. The van der Waals surface area contributed by atoms with Crippen LogP contribution >= 0.6 is 0 Å². The molecule has 0 atom stereocenters. The standard InChI is InChI=1S/C21H24FN5O3/c22-15-5-3-6-16-18(15)19(23)25-21(24-16)8-12-27(13-9-21)20(29)30-14-4-11-26-10-2-1-7-17(26)28/h1-3,5-7,10,24H,4,8-9,11-14H2,(H2,23,25). The number of rotatable bonds is 4. The first-order valence-electron chi connectivity index (χ1n) is 9.97. The van der Waals surface area contributed by atoms with Crippen LogP contribution in [0, 0.1) is 5.82 Å². The van der Waals surface area contributed by atoms with Crippen LogP contribution in [0.15, 0.2) is 52.4 Å². The van der Waals surface area contributed by atoms with Crippen molar-refractivity contribution in [1.29, 1.82) is 0 Å². The van der Waals surface area contributed by atoms with Crippen LogP contribution in [-0.2, 0) is 11.3 Å². The first-order chi connectivity index (χ1) is 14.5. The zero-order chi connectivity index (χ0) is 21.1. The lowest BCUT2D eigenvalue weighted by Gasteiger charge is -2.42. The van der Waals surface area contributed by atoms with Crippen LogP contribution in [0.5, 0.6) is 0 Å². The maximum absolute atomic E-state index is 14.0. The van der Waals surface area contributed by atoms with Crippen molar-refractivity contribution in [3.8, 4) is 0 Å². The highest BCUT2D eigenvalue weighted by atomic mass is 19.1. The van der Waals surface area contributed by atoms with Gasteiger partial charge in [-0.2, -0.15) is 0 Å². The molecule has 1 amide bonds. The summed E-state index contributed by atoms with van der Waals surface area (Å²) in [5, 5.41) is 3.30. The summed E-state index contributed by atoms with van der Waals surface area (Å²) in [5.74, 6) is -0.232. The van der Waals surface area contributed by atoms with E-state index >= 15 is 0 Å². The number of aryl methyl sites for hydroxylation is 1. The number of amides is 1. The molecule has 8 nitrogen and oxygen atoms in total. The van der Waals surface area contributed by atoms with Gasteiger partial charge in [0.2, 0.25) is 5.56 Å². The van der Waals surface area contributed by atoms with E-state index < -0.39 is 11.5 Å². The van der Waals surface area contributed by atoms with Gasteiger partial charge in [-0.3, -0.25) is 4.79 Å². The van der Waals surface area contributed by atoms with Crippen molar-refractivity contribution in [3.63, 3.8) is 0 Å². The van der Waals surface area contributed by atoms with Gasteiger partial charge in [0.25, 0.3) is 0 Å². The molecule has 4 rings (SSSR count). The van der Waals surface area contributed by atoms with Gasteiger partial charge in [0, 0.05) is 50.4 Å². The number of hydrogen-bond acceptors (Lipinski definition) is 6. The van der Waals surface area contributed by atoms with Crippen molar-refractivity contribution in [1.82, 2.24) is 9.47 Å². The summed E-state index contributed by atoms with van der Waals surface area (Å²) >= 11 is 0. The Morgan fingerprint density at radius 2 is 2.03 bits per heavy atom. The lowest BCUT2D eigenvalue weighted by atomic mass is 9.94. The normalized spacial score (nSPS) is 17.1. The Morgan fingerprint density at radius 1 is 1.23 bits per heavy atom. The molecule has 1 spiro atoms. The van der Waals surface area contributed by atoms with E-state index in [0.29, 0.717) is 50.1 Å². The second-order valence-electron chi connectivity index (χ2n) is 7.50. The molecule has 3 heterocycles. The highest BCUT2D eigenvalue weighted by Gasteiger charge is 2.39. The molecule has 0 aliphatic carbocycles. The number of aromatic nitrogens is 1. The van der Waals surface area contributed by atoms with Crippen molar-refractivity contribution in [2.75, 3.05) is 25.0 Å². The molecule has 2 aliphatic rings. The number of fused-ring (bicyclic) bond motifs is 1. The Hall–Kier alpha value is -3.36. The average Bonchev–Trinajstić information content (AvgIpc) is 2.72. The van der Waals surface area contributed by atoms with E-state index in [4.69, 9.17) is 10.5 Å². The number of nitrogens with one attached hydrogen (secondary N) is 1. The van der Waals surface area contributed by atoms with Gasteiger partial charge in [-0.15, -0.1) is 0 Å². The monoisotopic (exact) mass is 413 g/mol. The number of nitrogens with zero attached hydrogens (tertiary/aromatic N) is 3. The minimum Gasteiger partial charge on any atom is -0.449 e. The number of benzene rings is 1. The van der Waals surface area contributed by atoms with Crippen molar-refractivity contribution < 1.29 is 13.9 Å². The topological polar surface area (TPSA) is 102 Å². The Labute approximate surface area is 173 Å². The number of hydrogen-bond donors (Lipinski definition) is 2. The average molecular weight is 413 g/mol. The summed E-state index contributed by atoms with van der Waals surface area (Å²) in [4.78, 5) is 30.2. The van der Waals surface area contributed by atoms with E-state index in [0.717, 1.165) is 0 Å². The molecule has 1 saturated heterocycles. The second kappa shape index (κ2) is 8.17. The fourth-order valence-electron chi connectivity index (χ4n) is 3.88. The minimum absolute atomic E-state index is 0.0774. The molecule has 1 aromatic carbocycles. The molecule has 3 N–H and O–H groups in total. The Balaban J connectivity index is 1.28. The van der Waals surface area contributed by atoms with Gasteiger partial charge in [-0.25, -0.2) is 14.2 Å². The number of aliphatic imine (C=N–C) groups is 1. The van der Waals surface area contributed by atoms with E-state index in [9.17, 15) is 14.0 Å². The third-order valence-corrected chi connectivity index (χ3v) is 5.49. The lowest BCUT2D eigenvalue weighted by molar-refractivity contribution is 0.0847. The number of anilines is 1. The summed E-state index contributed by atoms with van der Waals surface area (Å²) in [6, 6.07) is 9.74. The quantitative estimate of drug-likeness (QED) is 0.748. The maximum Gasteiger partial charge on any atom is 0.409 e.